The van der Waals surface area contributed by atoms with E-state index in [4.69, 9.17) is 11.6 Å². The SMILES string of the molecule is Cc1cc(C(Br)c2cccc(C)c2C)c(Cl)cc1F. The molecule has 0 aliphatic heterocycles. The van der Waals surface area contributed by atoms with Gasteiger partial charge in [0, 0.05) is 5.02 Å². The molecule has 0 heterocycles. The molecule has 0 bridgehead atoms. The fourth-order valence-electron chi connectivity index (χ4n) is 2.09. The predicted molar refractivity (Wildman–Crippen MR) is 82.8 cm³/mol. The van der Waals surface area contributed by atoms with Crippen LogP contribution in [0.25, 0.3) is 0 Å². The molecular formula is C16H15BrClF. The van der Waals surface area contributed by atoms with E-state index < -0.39 is 0 Å². The summed E-state index contributed by atoms with van der Waals surface area (Å²) in [6.45, 7) is 5.91. The molecular weight excluding hydrogens is 327 g/mol. The molecule has 1 atom stereocenters. The van der Waals surface area contributed by atoms with Crippen molar-refractivity contribution < 1.29 is 4.39 Å². The van der Waals surface area contributed by atoms with Gasteiger partial charge < -0.3 is 0 Å². The molecule has 0 nitrogen and oxygen atoms in total. The van der Waals surface area contributed by atoms with Crippen molar-refractivity contribution in [1.82, 2.24) is 0 Å². The number of aryl methyl sites for hydroxylation is 2. The molecule has 100 valence electrons. The van der Waals surface area contributed by atoms with Crippen molar-refractivity contribution in [2.45, 2.75) is 25.6 Å². The highest BCUT2D eigenvalue weighted by atomic mass is 79.9. The second-order valence-electron chi connectivity index (χ2n) is 4.77. The van der Waals surface area contributed by atoms with Crippen LogP contribution < -0.4 is 0 Å². The lowest BCUT2D eigenvalue weighted by Crippen LogP contribution is -2.00. The predicted octanol–water partition coefficient (Wildman–Crippen LogP) is 5.89. The van der Waals surface area contributed by atoms with E-state index >= 15 is 0 Å². The Balaban J connectivity index is 2.53. The molecule has 0 aromatic heterocycles. The van der Waals surface area contributed by atoms with Crippen molar-refractivity contribution in [3.05, 3.63) is 69.0 Å². The van der Waals surface area contributed by atoms with Crippen LogP contribution >= 0.6 is 27.5 Å². The first kappa shape index (κ1) is 14.5. The molecule has 19 heavy (non-hydrogen) atoms. The smallest absolute Gasteiger partial charge is 0.127 e. The van der Waals surface area contributed by atoms with Gasteiger partial charge in [-0.3, -0.25) is 0 Å². The molecule has 2 aromatic rings. The maximum Gasteiger partial charge on any atom is 0.127 e. The molecule has 3 heteroatoms. The Kier molecular flexibility index (Phi) is 4.32. The molecule has 0 aliphatic rings. The summed E-state index contributed by atoms with van der Waals surface area (Å²) in [4.78, 5) is -0.0285. The number of hydrogen-bond donors (Lipinski definition) is 0. The minimum atomic E-state index is -0.269. The molecule has 0 spiro atoms. The van der Waals surface area contributed by atoms with E-state index in [0.717, 1.165) is 11.1 Å². The molecule has 2 aromatic carbocycles. The van der Waals surface area contributed by atoms with E-state index in [0.29, 0.717) is 10.6 Å². The fraction of sp³-hybridized carbons (Fsp3) is 0.250. The first-order chi connectivity index (χ1) is 8.91. The number of alkyl halides is 1. The lowest BCUT2D eigenvalue weighted by molar-refractivity contribution is 0.618. The molecule has 0 saturated carbocycles. The second kappa shape index (κ2) is 5.64. The van der Waals surface area contributed by atoms with Crippen LogP contribution in [0.15, 0.2) is 30.3 Å². The zero-order chi connectivity index (χ0) is 14.2. The van der Waals surface area contributed by atoms with Crippen LogP contribution in [0.2, 0.25) is 5.02 Å². The maximum absolute atomic E-state index is 13.5. The largest absolute Gasteiger partial charge is 0.207 e. The van der Waals surface area contributed by atoms with Crippen LogP contribution in [-0.2, 0) is 0 Å². The van der Waals surface area contributed by atoms with Gasteiger partial charge in [0.2, 0.25) is 0 Å². The standard InChI is InChI=1S/C16H15BrClF/c1-9-5-4-6-12(11(9)3)16(17)13-7-10(2)15(19)8-14(13)18/h4-8,16H,1-3H3. The van der Waals surface area contributed by atoms with Crippen molar-refractivity contribution in [1.29, 1.82) is 0 Å². The maximum atomic E-state index is 13.5. The molecule has 0 radical (unpaired) electrons. The number of halogens is 3. The van der Waals surface area contributed by atoms with Gasteiger partial charge in [0.05, 0.1) is 4.83 Å². The van der Waals surface area contributed by atoms with Gasteiger partial charge >= 0.3 is 0 Å². The van der Waals surface area contributed by atoms with Crippen LogP contribution in [0.3, 0.4) is 0 Å². The second-order valence-corrected chi connectivity index (χ2v) is 6.10. The number of rotatable bonds is 2. The first-order valence-electron chi connectivity index (χ1n) is 6.07. The third-order valence-corrected chi connectivity index (χ3v) is 4.78. The summed E-state index contributed by atoms with van der Waals surface area (Å²) in [5.74, 6) is -0.269. The van der Waals surface area contributed by atoms with Gasteiger partial charge in [0.1, 0.15) is 5.82 Å². The highest BCUT2D eigenvalue weighted by Gasteiger charge is 2.18. The summed E-state index contributed by atoms with van der Waals surface area (Å²) in [5, 5.41) is 0.450. The normalized spacial score (nSPS) is 12.5. The summed E-state index contributed by atoms with van der Waals surface area (Å²) < 4.78 is 13.5. The van der Waals surface area contributed by atoms with Gasteiger partial charge in [-0.25, -0.2) is 4.39 Å². The number of benzene rings is 2. The van der Waals surface area contributed by atoms with E-state index in [1.807, 2.05) is 6.07 Å². The van der Waals surface area contributed by atoms with E-state index in [9.17, 15) is 4.39 Å². The summed E-state index contributed by atoms with van der Waals surface area (Å²) >= 11 is 9.85. The molecule has 0 amide bonds. The first-order valence-corrected chi connectivity index (χ1v) is 7.37. The lowest BCUT2D eigenvalue weighted by atomic mass is 9.96. The topological polar surface area (TPSA) is 0 Å². The quantitative estimate of drug-likeness (QED) is 0.598. The van der Waals surface area contributed by atoms with Crippen molar-refractivity contribution >= 4 is 27.5 Å². The Morgan fingerprint density at radius 3 is 2.42 bits per heavy atom. The van der Waals surface area contributed by atoms with Crippen LogP contribution in [0.5, 0.6) is 0 Å². The van der Waals surface area contributed by atoms with E-state index in [-0.39, 0.29) is 10.6 Å². The summed E-state index contributed by atoms with van der Waals surface area (Å²) in [7, 11) is 0. The zero-order valence-electron chi connectivity index (χ0n) is 11.1. The van der Waals surface area contributed by atoms with Gasteiger partial charge in [0.25, 0.3) is 0 Å². The molecule has 0 aliphatic carbocycles. The van der Waals surface area contributed by atoms with Crippen molar-refractivity contribution in [3.63, 3.8) is 0 Å². The summed E-state index contributed by atoms with van der Waals surface area (Å²) in [6, 6.07) is 9.35. The molecule has 0 saturated heterocycles. The van der Waals surface area contributed by atoms with Crippen molar-refractivity contribution in [3.8, 4) is 0 Å². The van der Waals surface area contributed by atoms with Crippen molar-refractivity contribution in [2.24, 2.45) is 0 Å². The Morgan fingerprint density at radius 2 is 1.74 bits per heavy atom. The monoisotopic (exact) mass is 340 g/mol. The van der Waals surface area contributed by atoms with Gasteiger partial charge in [-0.05, 0) is 54.7 Å². The third-order valence-electron chi connectivity index (χ3n) is 3.47. The van der Waals surface area contributed by atoms with Crippen LogP contribution in [0, 0.1) is 26.6 Å². The van der Waals surface area contributed by atoms with E-state index in [1.54, 1.807) is 13.0 Å². The highest BCUT2D eigenvalue weighted by Crippen LogP contribution is 2.38. The van der Waals surface area contributed by atoms with Crippen molar-refractivity contribution in [2.75, 3.05) is 0 Å². The summed E-state index contributed by atoms with van der Waals surface area (Å²) in [5.41, 5.74) is 5.12. The Labute approximate surface area is 126 Å². The third kappa shape index (κ3) is 2.85. The minimum absolute atomic E-state index is 0.0285. The zero-order valence-corrected chi connectivity index (χ0v) is 13.4. The number of hydrogen-bond acceptors (Lipinski definition) is 0. The van der Waals surface area contributed by atoms with Gasteiger partial charge in [-0.15, -0.1) is 0 Å². The van der Waals surface area contributed by atoms with Gasteiger partial charge in [-0.1, -0.05) is 51.8 Å². The fourth-order valence-corrected chi connectivity index (χ4v) is 3.36. The van der Waals surface area contributed by atoms with Gasteiger partial charge in [-0.2, -0.15) is 0 Å². The molecule has 0 fully saturated rings. The Bertz CT molecular complexity index is 622. The Morgan fingerprint density at radius 1 is 1.05 bits per heavy atom. The van der Waals surface area contributed by atoms with Gasteiger partial charge in [0.15, 0.2) is 0 Å². The van der Waals surface area contributed by atoms with Crippen LogP contribution in [-0.4, -0.2) is 0 Å². The minimum Gasteiger partial charge on any atom is -0.207 e. The molecule has 2 rings (SSSR count). The van der Waals surface area contributed by atoms with Crippen LogP contribution in [0.4, 0.5) is 4.39 Å². The molecule has 1 unspecified atom stereocenters. The highest BCUT2D eigenvalue weighted by molar-refractivity contribution is 9.09. The van der Waals surface area contributed by atoms with E-state index in [2.05, 4.69) is 41.9 Å². The average molecular weight is 342 g/mol. The summed E-state index contributed by atoms with van der Waals surface area (Å²) in [6.07, 6.45) is 0. The average Bonchev–Trinajstić information content (AvgIpc) is 2.36. The Hall–Kier alpha value is -0.860. The van der Waals surface area contributed by atoms with Crippen LogP contribution in [0.1, 0.15) is 32.6 Å². The molecule has 0 N–H and O–H groups in total. The lowest BCUT2D eigenvalue weighted by Gasteiger charge is -2.17. The van der Waals surface area contributed by atoms with E-state index in [1.165, 1.54) is 17.2 Å².